The highest BCUT2D eigenvalue weighted by atomic mass is 35.5. The van der Waals surface area contributed by atoms with Crippen LogP contribution in [0.1, 0.15) is 31.0 Å². The summed E-state index contributed by atoms with van der Waals surface area (Å²) in [6.07, 6.45) is 1.54. The Morgan fingerprint density at radius 1 is 1.56 bits per heavy atom. The molecule has 1 rings (SSSR count). The van der Waals surface area contributed by atoms with Crippen LogP contribution in [0, 0.1) is 6.92 Å². The van der Waals surface area contributed by atoms with Gasteiger partial charge in [-0.3, -0.25) is 4.68 Å². The van der Waals surface area contributed by atoms with E-state index in [4.69, 9.17) is 11.6 Å². The molecule has 0 aromatic carbocycles. The molecule has 16 heavy (non-hydrogen) atoms. The smallest absolute Gasteiger partial charge is 0.131 e. The summed E-state index contributed by atoms with van der Waals surface area (Å²) >= 11 is 6.09. The van der Waals surface area contributed by atoms with Crippen molar-refractivity contribution in [3.05, 3.63) is 16.4 Å². The van der Waals surface area contributed by atoms with Crippen LogP contribution in [0.2, 0.25) is 5.15 Å². The van der Waals surface area contributed by atoms with Crippen LogP contribution < -0.4 is 5.32 Å². The van der Waals surface area contributed by atoms with Gasteiger partial charge in [0.15, 0.2) is 0 Å². The molecule has 0 saturated heterocycles. The third-order valence-electron chi connectivity index (χ3n) is 2.57. The molecule has 0 spiro atoms. The van der Waals surface area contributed by atoms with Crippen molar-refractivity contribution in [3.63, 3.8) is 0 Å². The number of hydrogen-bond acceptors (Lipinski definition) is 3. The van der Waals surface area contributed by atoms with Crippen LogP contribution in [0.4, 0.5) is 0 Å². The Hall–Kier alpha value is -0.580. The SMILES string of the molecule is CCCC(O)CNCc1c(C)nn(C)c1Cl. The maximum atomic E-state index is 9.55. The van der Waals surface area contributed by atoms with Gasteiger partial charge in [0.25, 0.3) is 0 Å². The van der Waals surface area contributed by atoms with Crippen LogP contribution in [0.15, 0.2) is 0 Å². The van der Waals surface area contributed by atoms with Crippen LogP contribution in [-0.4, -0.2) is 27.5 Å². The van der Waals surface area contributed by atoms with Gasteiger partial charge in [-0.25, -0.2) is 0 Å². The lowest BCUT2D eigenvalue weighted by molar-refractivity contribution is 0.160. The molecule has 0 saturated carbocycles. The predicted octanol–water partition coefficient (Wildman–Crippen LogP) is 1.63. The first-order valence-electron chi connectivity index (χ1n) is 5.63. The molecule has 0 radical (unpaired) electrons. The van der Waals surface area contributed by atoms with Gasteiger partial charge in [-0.15, -0.1) is 0 Å². The minimum absolute atomic E-state index is 0.277. The fraction of sp³-hybridized carbons (Fsp3) is 0.727. The Morgan fingerprint density at radius 3 is 2.75 bits per heavy atom. The molecule has 0 amide bonds. The molecule has 2 N–H and O–H groups in total. The van der Waals surface area contributed by atoms with Crippen LogP contribution in [0.5, 0.6) is 0 Å². The number of halogens is 1. The molecule has 1 aromatic rings. The summed E-state index contributed by atoms with van der Waals surface area (Å²) in [6, 6.07) is 0. The average Bonchev–Trinajstić information content (AvgIpc) is 2.45. The van der Waals surface area contributed by atoms with Crippen molar-refractivity contribution in [2.45, 2.75) is 39.3 Å². The molecular weight excluding hydrogens is 226 g/mol. The molecule has 0 aliphatic carbocycles. The van der Waals surface area contributed by atoms with Gasteiger partial charge in [-0.05, 0) is 13.3 Å². The monoisotopic (exact) mass is 245 g/mol. The zero-order valence-electron chi connectivity index (χ0n) is 10.1. The van der Waals surface area contributed by atoms with Crippen molar-refractivity contribution >= 4 is 11.6 Å². The topological polar surface area (TPSA) is 50.1 Å². The zero-order valence-corrected chi connectivity index (χ0v) is 10.9. The van der Waals surface area contributed by atoms with E-state index in [0.717, 1.165) is 24.1 Å². The fourth-order valence-corrected chi connectivity index (χ4v) is 1.92. The largest absolute Gasteiger partial charge is 0.392 e. The number of nitrogens with one attached hydrogen (secondary N) is 1. The van der Waals surface area contributed by atoms with E-state index >= 15 is 0 Å². The lowest BCUT2D eigenvalue weighted by Gasteiger charge is -2.10. The third kappa shape index (κ3) is 3.47. The second-order valence-electron chi connectivity index (χ2n) is 4.05. The molecule has 0 aliphatic rings. The zero-order chi connectivity index (χ0) is 12.1. The molecule has 0 aliphatic heterocycles. The van der Waals surface area contributed by atoms with Gasteiger partial charge in [0, 0.05) is 25.7 Å². The van der Waals surface area contributed by atoms with E-state index in [1.54, 1.807) is 4.68 Å². The average molecular weight is 246 g/mol. The molecule has 4 nitrogen and oxygen atoms in total. The van der Waals surface area contributed by atoms with E-state index in [2.05, 4.69) is 17.3 Å². The van der Waals surface area contributed by atoms with Gasteiger partial charge in [0.2, 0.25) is 0 Å². The molecule has 1 aromatic heterocycles. The summed E-state index contributed by atoms with van der Waals surface area (Å²) in [5, 5.41) is 17.6. The Balaban J connectivity index is 2.43. The second-order valence-corrected chi connectivity index (χ2v) is 4.41. The summed E-state index contributed by atoms with van der Waals surface area (Å²) < 4.78 is 1.66. The minimum Gasteiger partial charge on any atom is -0.392 e. The van der Waals surface area contributed by atoms with Crippen LogP contribution in [-0.2, 0) is 13.6 Å². The first-order valence-corrected chi connectivity index (χ1v) is 6.00. The lowest BCUT2D eigenvalue weighted by Crippen LogP contribution is -2.26. The van der Waals surface area contributed by atoms with Gasteiger partial charge >= 0.3 is 0 Å². The lowest BCUT2D eigenvalue weighted by atomic mass is 10.2. The summed E-state index contributed by atoms with van der Waals surface area (Å²) in [4.78, 5) is 0. The van der Waals surface area contributed by atoms with Gasteiger partial charge in [-0.2, -0.15) is 5.10 Å². The minimum atomic E-state index is -0.277. The highest BCUT2D eigenvalue weighted by Gasteiger charge is 2.11. The quantitative estimate of drug-likeness (QED) is 0.801. The van der Waals surface area contributed by atoms with Crippen molar-refractivity contribution in [2.75, 3.05) is 6.54 Å². The number of rotatable bonds is 6. The maximum absolute atomic E-state index is 9.55. The van der Waals surface area contributed by atoms with Crippen molar-refractivity contribution in [1.82, 2.24) is 15.1 Å². The highest BCUT2D eigenvalue weighted by Crippen LogP contribution is 2.17. The van der Waals surface area contributed by atoms with Crippen LogP contribution in [0.25, 0.3) is 0 Å². The maximum Gasteiger partial charge on any atom is 0.131 e. The van der Waals surface area contributed by atoms with Crippen LogP contribution >= 0.6 is 11.6 Å². The molecule has 1 atom stereocenters. The molecule has 0 bridgehead atoms. The van der Waals surface area contributed by atoms with E-state index in [9.17, 15) is 5.11 Å². The van der Waals surface area contributed by atoms with Crippen molar-refractivity contribution in [3.8, 4) is 0 Å². The molecule has 5 heteroatoms. The van der Waals surface area contributed by atoms with E-state index in [1.165, 1.54) is 0 Å². The summed E-state index contributed by atoms with van der Waals surface area (Å²) in [5.41, 5.74) is 1.94. The normalized spacial score (nSPS) is 13.1. The molecule has 0 fully saturated rings. The third-order valence-corrected chi connectivity index (χ3v) is 3.05. The number of aryl methyl sites for hydroxylation is 2. The summed E-state index contributed by atoms with van der Waals surface area (Å²) in [5.74, 6) is 0. The van der Waals surface area contributed by atoms with E-state index in [1.807, 2.05) is 14.0 Å². The molecule has 1 unspecified atom stereocenters. The van der Waals surface area contributed by atoms with Gasteiger partial charge in [0.1, 0.15) is 5.15 Å². The van der Waals surface area contributed by atoms with Gasteiger partial charge in [0.05, 0.1) is 11.8 Å². The summed E-state index contributed by atoms with van der Waals surface area (Å²) in [7, 11) is 1.82. The number of aliphatic hydroxyl groups excluding tert-OH is 1. The van der Waals surface area contributed by atoms with Crippen molar-refractivity contribution < 1.29 is 5.11 Å². The van der Waals surface area contributed by atoms with Crippen LogP contribution in [0.3, 0.4) is 0 Å². The first-order chi connectivity index (χ1) is 7.56. The number of aromatic nitrogens is 2. The number of aliphatic hydroxyl groups is 1. The Kier molecular flexibility index (Phi) is 5.25. The Labute approximate surface area is 102 Å². The first kappa shape index (κ1) is 13.5. The predicted molar refractivity (Wildman–Crippen MR) is 65.6 cm³/mol. The highest BCUT2D eigenvalue weighted by molar-refractivity contribution is 6.30. The van der Waals surface area contributed by atoms with E-state index in [0.29, 0.717) is 18.2 Å². The Bertz CT molecular complexity index is 338. The van der Waals surface area contributed by atoms with E-state index < -0.39 is 0 Å². The summed E-state index contributed by atoms with van der Waals surface area (Å²) in [6.45, 7) is 5.24. The second kappa shape index (κ2) is 6.23. The van der Waals surface area contributed by atoms with Gasteiger partial charge < -0.3 is 10.4 Å². The number of hydrogen-bond donors (Lipinski definition) is 2. The molecule has 92 valence electrons. The standard InChI is InChI=1S/C11H20ClN3O/c1-4-5-9(16)6-13-7-10-8(2)14-15(3)11(10)12/h9,13,16H,4-7H2,1-3H3. The van der Waals surface area contributed by atoms with Crippen molar-refractivity contribution in [2.24, 2.45) is 7.05 Å². The number of nitrogens with zero attached hydrogens (tertiary/aromatic N) is 2. The van der Waals surface area contributed by atoms with Gasteiger partial charge in [-0.1, -0.05) is 24.9 Å². The Morgan fingerprint density at radius 2 is 2.25 bits per heavy atom. The molecule has 1 heterocycles. The van der Waals surface area contributed by atoms with E-state index in [-0.39, 0.29) is 6.10 Å². The fourth-order valence-electron chi connectivity index (χ4n) is 1.67. The van der Waals surface area contributed by atoms with Crippen molar-refractivity contribution in [1.29, 1.82) is 0 Å². The molecular formula is C11H20ClN3O.